The van der Waals surface area contributed by atoms with Gasteiger partial charge in [-0.1, -0.05) is 13.0 Å². The molecule has 0 spiro atoms. The van der Waals surface area contributed by atoms with E-state index in [1.54, 1.807) is 31.3 Å². The van der Waals surface area contributed by atoms with E-state index < -0.39 is 27.4 Å². The summed E-state index contributed by atoms with van der Waals surface area (Å²) >= 11 is 0. The Morgan fingerprint density at radius 3 is 2.61 bits per heavy atom. The van der Waals surface area contributed by atoms with Gasteiger partial charge in [-0.25, -0.2) is 17.6 Å². The van der Waals surface area contributed by atoms with Crippen molar-refractivity contribution in [3.05, 3.63) is 59.7 Å². The van der Waals surface area contributed by atoms with Gasteiger partial charge in [0.05, 0.1) is 22.7 Å². The van der Waals surface area contributed by atoms with Gasteiger partial charge in [0, 0.05) is 12.7 Å². The first-order valence-corrected chi connectivity index (χ1v) is 8.23. The summed E-state index contributed by atoms with van der Waals surface area (Å²) in [4.78, 5) is 14.8. The Bertz CT molecular complexity index is 809. The maximum atomic E-state index is 13.4. The van der Waals surface area contributed by atoms with Crippen molar-refractivity contribution in [3.63, 3.8) is 0 Å². The first-order chi connectivity index (χ1) is 10.9. The molecule has 0 unspecified atom stereocenters. The fourth-order valence-corrected chi connectivity index (χ4v) is 3.46. The minimum absolute atomic E-state index is 0.0411. The van der Waals surface area contributed by atoms with E-state index in [2.05, 4.69) is 4.98 Å². The fourth-order valence-electron chi connectivity index (χ4n) is 2.02. The zero-order chi connectivity index (χ0) is 17.0. The normalized spacial score (nSPS) is 11.6. The average molecular weight is 338 g/mol. The van der Waals surface area contributed by atoms with E-state index in [0.29, 0.717) is 5.69 Å². The van der Waals surface area contributed by atoms with Crippen LogP contribution >= 0.6 is 0 Å². The molecule has 0 aliphatic carbocycles. The SMILES string of the molecule is CCN(Cc1ccccn1)S(=O)(=O)c1ccc(F)c(C(=O)O)c1. The molecule has 0 fully saturated rings. The monoisotopic (exact) mass is 338 g/mol. The molecule has 8 heteroatoms. The van der Waals surface area contributed by atoms with Crippen molar-refractivity contribution in [2.45, 2.75) is 18.4 Å². The molecule has 1 N–H and O–H groups in total. The van der Waals surface area contributed by atoms with Gasteiger partial charge < -0.3 is 5.11 Å². The van der Waals surface area contributed by atoms with E-state index in [1.165, 1.54) is 0 Å². The van der Waals surface area contributed by atoms with Crippen LogP contribution in [-0.4, -0.2) is 35.3 Å². The summed E-state index contributed by atoms with van der Waals surface area (Å²) < 4.78 is 39.9. The van der Waals surface area contributed by atoms with Crippen molar-refractivity contribution < 1.29 is 22.7 Å². The summed E-state index contributed by atoms with van der Waals surface area (Å²) in [5, 5.41) is 8.93. The lowest BCUT2D eigenvalue weighted by molar-refractivity contribution is 0.0691. The number of nitrogens with zero attached hydrogens (tertiary/aromatic N) is 2. The number of pyridine rings is 1. The molecule has 1 heterocycles. The Labute approximate surface area is 133 Å². The third kappa shape index (κ3) is 3.72. The number of hydrogen-bond donors (Lipinski definition) is 1. The smallest absolute Gasteiger partial charge is 0.338 e. The van der Waals surface area contributed by atoms with E-state index in [0.717, 1.165) is 22.5 Å². The first-order valence-electron chi connectivity index (χ1n) is 6.79. The van der Waals surface area contributed by atoms with Crippen LogP contribution in [0.15, 0.2) is 47.5 Å². The highest BCUT2D eigenvalue weighted by Crippen LogP contribution is 2.20. The second-order valence-corrected chi connectivity index (χ2v) is 6.64. The van der Waals surface area contributed by atoms with Gasteiger partial charge in [-0.2, -0.15) is 4.31 Å². The summed E-state index contributed by atoms with van der Waals surface area (Å²) in [5.74, 6) is -2.50. The number of rotatable bonds is 6. The molecule has 0 aliphatic heterocycles. The molecular formula is C15H15FN2O4S. The van der Waals surface area contributed by atoms with Gasteiger partial charge in [-0.05, 0) is 30.3 Å². The van der Waals surface area contributed by atoms with Gasteiger partial charge in [0.1, 0.15) is 5.82 Å². The predicted molar refractivity (Wildman–Crippen MR) is 80.9 cm³/mol. The maximum absolute atomic E-state index is 13.4. The second-order valence-electron chi connectivity index (χ2n) is 4.70. The Kier molecular flexibility index (Phi) is 5.07. The average Bonchev–Trinajstić information content (AvgIpc) is 2.53. The van der Waals surface area contributed by atoms with Crippen molar-refractivity contribution in [2.75, 3.05) is 6.54 Å². The van der Waals surface area contributed by atoms with Crippen molar-refractivity contribution in [1.82, 2.24) is 9.29 Å². The fraction of sp³-hybridized carbons (Fsp3) is 0.200. The van der Waals surface area contributed by atoms with Gasteiger partial charge in [-0.15, -0.1) is 0 Å². The first kappa shape index (κ1) is 17.0. The zero-order valence-corrected chi connectivity index (χ0v) is 13.1. The van der Waals surface area contributed by atoms with Gasteiger partial charge in [0.25, 0.3) is 0 Å². The maximum Gasteiger partial charge on any atom is 0.338 e. The van der Waals surface area contributed by atoms with E-state index in [4.69, 9.17) is 5.11 Å². The molecule has 0 aliphatic rings. The quantitative estimate of drug-likeness (QED) is 0.872. The summed E-state index contributed by atoms with van der Waals surface area (Å²) in [7, 11) is -3.96. The summed E-state index contributed by atoms with van der Waals surface area (Å²) in [5.41, 5.74) is -0.126. The van der Waals surface area contributed by atoms with Crippen LogP contribution in [0.3, 0.4) is 0 Å². The molecule has 6 nitrogen and oxygen atoms in total. The highest BCUT2D eigenvalue weighted by molar-refractivity contribution is 7.89. The Hall–Kier alpha value is -2.32. The number of carboxylic acid groups (broad SMARTS) is 1. The molecular weight excluding hydrogens is 323 g/mol. The van der Waals surface area contributed by atoms with E-state index in [1.807, 2.05) is 0 Å². The minimum atomic E-state index is -3.96. The summed E-state index contributed by atoms with van der Waals surface area (Å²) in [6.45, 7) is 1.86. The van der Waals surface area contributed by atoms with Gasteiger partial charge >= 0.3 is 5.97 Å². The molecule has 0 radical (unpaired) electrons. The van der Waals surface area contributed by atoms with Crippen molar-refractivity contribution in [3.8, 4) is 0 Å². The standard InChI is InChI=1S/C15H15FN2O4S/c1-2-18(10-11-5-3-4-8-17-11)23(21,22)12-6-7-14(16)13(9-12)15(19)20/h3-9H,2,10H2,1H3,(H,19,20). The summed E-state index contributed by atoms with van der Waals surface area (Å²) in [6, 6.07) is 7.86. The highest BCUT2D eigenvalue weighted by Gasteiger charge is 2.25. The molecule has 2 rings (SSSR count). The summed E-state index contributed by atoms with van der Waals surface area (Å²) in [6.07, 6.45) is 1.55. The number of hydrogen-bond acceptors (Lipinski definition) is 4. The van der Waals surface area contributed by atoms with Crippen LogP contribution in [-0.2, 0) is 16.6 Å². The number of benzene rings is 1. The molecule has 23 heavy (non-hydrogen) atoms. The van der Waals surface area contributed by atoms with Crippen LogP contribution < -0.4 is 0 Å². The van der Waals surface area contributed by atoms with Crippen LogP contribution in [0.5, 0.6) is 0 Å². The van der Waals surface area contributed by atoms with E-state index >= 15 is 0 Å². The molecule has 0 saturated heterocycles. The molecule has 1 aromatic carbocycles. The molecule has 0 atom stereocenters. The molecule has 122 valence electrons. The molecule has 1 aromatic heterocycles. The lowest BCUT2D eigenvalue weighted by atomic mass is 10.2. The Balaban J connectivity index is 2.39. The van der Waals surface area contributed by atoms with Gasteiger partial charge in [-0.3, -0.25) is 4.98 Å². The second kappa shape index (κ2) is 6.84. The van der Waals surface area contributed by atoms with Gasteiger partial charge in [0.15, 0.2) is 0 Å². The van der Waals surface area contributed by atoms with Crippen LogP contribution in [0.1, 0.15) is 23.0 Å². The van der Waals surface area contributed by atoms with Gasteiger partial charge in [0.2, 0.25) is 10.0 Å². The van der Waals surface area contributed by atoms with Crippen LogP contribution in [0.25, 0.3) is 0 Å². The Morgan fingerprint density at radius 2 is 2.04 bits per heavy atom. The number of halogens is 1. The number of carboxylic acids is 1. The van der Waals surface area contributed by atoms with Crippen molar-refractivity contribution >= 4 is 16.0 Å². The predicted octanol–water partition coefficient (Wildman–Crippen LogP) is 2.13. The van der Waals surface area contributed by atoms with E-state index in [9.17, 15) is 17.6 Å². The van der Waals surface area contributed by atoms with Crippen LogP contribution in [0, 0.1) is 5.82 Å². The third-order valence-corrected chi connectivity index (χ3v) is 5.14. The zero-order valence-electron chi connectivity index (χ0n) is 12.3. The third-order valence-electron chi connectivity index (χ3n) is 3.22. The van der Waals surface area contributed by atoms with Crippen molar-refractivity contribution in [1.29, 1.82) is 0 Å². The highest BCUT2D eigenvalue weighted by atomic mass is 32.2. The minimum Gasteiger partial charge on any atom is -0.478 e. The molecule has 0 bridgehead atoms. The number of aromatic carboxylic acids is 1. The van der Waals surface area contributed by atoms with Crippen LogP contribution in [0.4, 0.5) is 4.39 Å². The molecule has 2 aromatic rings. The number of carbonyl (C=O) groups is 1. The molecule has 0 saturated carbocycles. The van der Waals surface area contributed by atoms with Crippen LogP contribution in [0.2, 0.25) is 0 Å². The number of aromatic nitrogens is 1. The lowest BCUT2D eigenvalue weighted by Crippen LogP contribution is -2.31. The Morgan fingerprint density at radius 1 is 1.30 bits per heavy atom. The largest absolute Gasteiger partial charge is 0.478 e. The molecule has 0 amide bonds. The lowest BCUT2D eigenvalue weighted by Gasteiger charge is -2.20. The number of sulfonamides is 1. The van der Waals surface area contributed by atoms with Crippen molar-refractivity contribution in [2.24, 2.45) is 0 Å². The van der Waals surface area contributed by atoms with E-state index in [-0.39, 0.29) is 18.0 Å². The topological polar surface area (TPSA) is 87.6 Å².